The maximum atomic E-state index is 11.3. The molecule has 0 saturated carbocycles. The lowest BCUT2D eigenvalue weighted by atomic mass is 10.4. The topological polar surface area (TPSA) is 51.3 Å². The Morgan fingerprint density at radius 3 is 2.73 bits per heavy atom. The number of aromatic amines is 1. The van der Waals surface area contributed by atoms with Crippen molar-refractivity contribution in [2.75, 3.05) is 19.8 Å². The lowest BCUT2D eigenvalue weighted by molar-refractivity contribution is 0.0330. The van der Waals surface area contributed by atoms with Gasteiger partial charge in [0.25, 0.3) is 0 Å². The van der Waals surface area contributed by atoms with E-state index in [1.165, 1.54) is 6.07 Å². The van der Waals surface area contributed by atoms with E-state index in [1.54, 1.807) is 0 Å². The average molecular weight is 252 g/mol. The Labute approximate surface area is 97.5 Å². The number of esters is 1. The van der Waals surface area contributed by atoms with Gasteiger partial charge in [-0.05, 0) is 13.0 Å². The Morgan fingerprint density at radius 2 is 2.20 bits per heavy atom. The van der Waals surface area contributed by atoms with Gasteiger partial charge in [-0.1, -0.05) is 23.2 Å². The monoisotopic (exact) mass is 251 g/mol. The Bertz CT molecular complexity index is 319. The molecule has 1 heterocycles. The van der Waals surface area contributed by atoms with Gasteiger partial charge in [-0.3, -0.25) is 0 Å². The highest BCUT2D eigenvalue weighted by molar-refractivity contribution is 6.41. The van der Waals surface area contributed by atoms with Crippen LogP contribution >= 0.6 is 23.2 Å². The molecule has 84 valence electrons. The maximum absolute atomic E-state index is 11.3. The highest BCUT2D eigenvalue weighted by atomic mass is 35.5. The van der Waals surface area contributed by atoms with Gasteiger partial charge in [0.15, 0.2) is 0 Å². The van der Waals surface area contributed by atoms with E-state index in [1.807, 2.05) is 6.92 Å². The number of nitrogens with one attached hydrogen (secondary N) is 1. The molecule has 1 aromatic heterocycles. The SMILES string of the molecule is CCOCCOC(=O)c1cc(Cl)c(Cl)[nH]1. The van der Waals surface area contributed by atoms with E-state index < -0.39 is 5.97 Å². The molecular formula is C9H11Cl2NO3. The number of aromatic nitrogens is 1. The Morgan fingerprint density at radius 1 is 1.47 bits per heavy atom. The number of carbonyl (C=O) groups is 1. The van der Waals surface area contributed by atoms with E-state index in [0.717, 1.165) is 0 Å². The summed E-state index contributed by atoms with van der Waals surface area (Å²) < 4.78 is 9.90. The molecule has 0 atom stereocenters. The number of rotatable bonds is 5. The fourth-order valence-electron chi connectivity index (χ4n) is 0.929. The van der Waals surface area contributed by atoms with E-state index in [2.05, 4.69) is 4.98 Å². The van der Waals surface area contributed by atoms with Crippen LogP contribution in [-0.4, -0.2) is 30.8 Å². The lowest BCUT2D eigenvalue weighted by Crippen LogP contribution is -2.11. The quantitative estimate of drug-likeness (QED) is 0.647. The molecule has 0 unspecified atom stereocenters. The van der Waals surface area contributed by atoms with Gasteiger partial charge in [-0.15, -0.1) is 0 Å². The molecule has 0 amide bonds. The molecule has 0 fully saturated rings. The molecule has 0 radical (unpaired) electrons. The molecule has 0 aliphatic carbocycles. The second-order valence-electron chi connectivity index (χ2n) is 2.68. The van der Waals surface area contributed by atoms with Crippen LogP contribution in [-0.2, 0) is 9.47 Å². The first-order valence-electron chi connectivity index (χ1n) is 4.44. The van der Waals surface area contributed by atoms with E-state index >= 15 is 0 Å². The van der Waals surface area contributed by atoms with E-state index in [9.17, 15) is 4.79 Å². The third-order valence-electron chi connectivity index (χ3n) is 1.61. The molecule has 4 nitrogen and oxygen atoms in total. The number of H-pyrrole nitrogens is 1. The molecule has 15 heavy (non-hydrogen) atoms. The van der Waals surface area contributed by atoms with Crippen molar-refractivity contribution >= 4 is 29.2 Å². The first-order valence-corrected chi connectivity index (χ1v) is 5.19. The van der Waals surface area contributed by atoms with Crippen LogP contribution in [0, 0.1) is 0 Å². The third kappa shape index (κ3) is 3.74. The molecule has 0 aliphatic heterocycles. The highest BCUT2D eigenvalue weighted by Crippen LogP contribution is 2.22. The summed E-state index contributed by atoms with van der Waals surface area (Å²) in [6.07, 6.45) is 0. The van der Waals surface area contributed by atoms with Gasteiger partial charge in [0.2, 0.25) is 0 Å². The standard InChI is InChI=1S/C9H11Cl2NO3/c1-2-14-3-4-15-9(13)7-5-6(10)8(11)12-7/h5,12H,2-4H2,1H3. The predicted octanol–water partition coefficient (Wildman–Crippen LogP) is 2.51. The van der Waals surface area contributed by atoms with E-state index in [4.69, 9.17) is 32.7 Å². The van der Waals surface area contributed by atoms with Crippen molar-refractivity contribution < 1.29 is 14.3 Å². The van der Waals surface area contributed by atoms with Gasteiger partial charge < -0.3 is 14.5 Å². The van der Waals surface area contributed by atoms with Crippen molar-refractivity contribution in [1.29, 1.82) is 0 Å². The van der Waals surface area contributed by atoms with Crippen LogP contribution in [0.15, 0.2) is 6.07 Å². The number of hydrogen-bond donors (Lipinski definition) is 1. The van der Waals surface area contributed by atoms with Crippen LogP contribution in [0.5, 0.6) is 0 Å². The maximum Gasteiger partial charge on any atom is 0.354 e. The van der Waals surface area contributed by atoms with Gasteiger partial charge in [0.1, 0.15) is 17.5 Å². The fourth-order valence-corrected chi connectivity index (χ4v) is 1.24. The summed E-state index contributed by atoms with van der Waals surface area (Å²) in [4.78, 5) is 14.0. The van der Waals surface area contributed by atoms with Crippen LogP contribution in [0.1, 0.15) is 17.4 Å². The summed E-state index contributed by atoms with van der Waals surface area (Å²) in [6.45, 7) is 3.05. The molecule has 0 saturated heterocycles. The third-order valence-corrected chi connectivity index (χ3v) is 2.30. The van der Waals surface area contributed by atoms with Crippen molar-refractivity contribution in [2.24, 2.45) is 0 Å². The minimum atomic E-state index is -0.497. The Balaban J connectivity index is 2.40. The van der Waals surface area contributed by atoms with Crippen LogP contribution in [0.2, 0.25) is 10.2 Å². The Kier molecular flexibility index (Phi) is 4.94. The van der Waals surface area contributed by atoms with Crippen LogP contribution in [0.4, 0.5) is 0 Å². The second-order valence-corrected chi connectivity index (χ2v) is 3.46. The molecule has 1 aromatic rings. The molecule has 0 spiro atoms. The van der Waals surface area contributed by atoms with Gasteiger partial charge in [0.05, 0.1) is 11.6 Å². The first kappa shape index (κ1) is 12.4. The van der Waals surface area contributed by atoms with Crippen LogP contribution in [0.25, 0.3) is 0 Å². The molecular weight excluding hydrogens is 241 g/mol. The minimum Gasteiger partial charge on any atom is -0.459 e. The fraction of sp³-hybridized carbons (Fsp3) is 0.444. The van der Waals surface area contributed by atoms with Crippen molar-refractivity contribution in [1.82, 2.24) is 4.98 Å². The average Bonchev–Trinajstić information content (AvgIpc) is 2.54. The summed E-state index contributed by atoms with van der Waals surface area (Å²) >= 11 is 11.3. The van der Waals surface area contributed by atoms with Crippen LogP contribution < -0.4 is 0 Å². The summed E-state index contributed by atoms with van der Waals surface area (Å²) in [5.74, 6) is -0.497. The van der Waals surface area contributed by atoms with E-state index in [0.29, 0.717) is 18.2 Å². The number of carbonyl (C=O) groups excluding carboxylic acids is 1. The lowest BCUT2D eigenvalue weighted by Gasteiger charge is -2.02. The number of hydrogen-bond acceptors (Lipinski definition) is 3. The van der Waals surface area contributed by atoms with Gasteiger partial charge >= 0.3 is 5.97 Å². The molecule has 1 N–H and O–H groups in total. The zero-order valence-electron chi connectivity index (χ0n) is 8.18. The second kappa shape index (κ2) is 6.00. The van der Waals surface area contributed by atoms with Crippen molar-refractivity contribution in [3.63, 3.8) is 0 Å². The van der Waals surface area contributed by atoms with Crippen molar-refractivity contribution in [3.05, 3.63) is 21.9 Å². The molecule has 1 rings (SSSR count). The number of ether oxygens (including phenoxy) is 2. The van der Waals surface area contributed by atoms with Crippen molar-refractivity contribution in [2.45, 2.75) is 6.92 Å². The number of halogens is 2. The van der Waals surface area contributed by atoms with E-state index in [-0.39, 0.29) is 17.5 Å². The largest absolute Gasteiger partial charge is 0.459 e. The summed E-state index contributed by atoms with van der Waals surface area (Å²) in [5.41, 5.74) is 0.237. The predicted molar refractivity (Wildman–Crippen MR) is 57.6 cm³/mol. The minimum absolute atomic E-state index is 0.209. The normalized spacial score (nSPS) is 10.3. The zero-order valence-corrected chi connectivity index (χ0v) is 9.69. The summed E-state index contributed by atoms with van der Waals surface area (Å²) in [6, 6.07) is 1.42. The molecule has 0 bridgehead atoms. The molecule has 0 aromatic carbocycles. The van der Waals surface area contributed by atoms with Gasteiger partial charge in [0, 0.05) is 6.61 Å². The van der Waals surface area contributed by atoms with Crippen molar-refractivity contribution in [3.8, 4) is 0 Å². The summed E-state index contributed by atoms with van der Waals surface area (Å²) in [7, 11) is 0. The molecule has 0 aliphatic rings. The summed E-state index contributed by atoms with van der Waals surface area (Å²) in [5, 5.41) is 0.529. The molecule has 6 heteroatoms. The smallest absolute Gasteiger partial charge is 0.354 e. The Hall–Kier alpha value is -0.710. The highest BCUT2D eigenvalue weighted by Gasteiger charge is 2.12. The van der Waals surface area contributed by atoms with Crippen LogP contribution in [0.3, 0.4) is 0 Å². The zero-order chi connectivity index (χ0) is 11.3. The van der Waals surface area contributed by atoms with Gasteiger partial charge in [-0.2, -0.15) is 0 Å². The van der Waals surface area contributed by atoms with Gasteiger partial charge in [-0.25, -0.2) is 4.79 Å². The first-order chi connectivity index (χ1) is 7.15.